The molecule has 0 atom stereocenters. The van der Waals surface area contributed by atoms with Crippen LogP contribution < -0.4 is 15.0 Å². The molecule has 0 radical (unpaired) electrons. The molecule has 0 aromatic carbocycles. The van der Waals surface area contributed by atoms with Crippen LogP contribution >= 0.6 is 10.7 Å². The fraction of sp³-hybridized carbons (Fsp3) is 0.286. The van der Waals surface area contributed by atoms with Crippen LogP contribution in [0.3, 0.4) is 0 Å². The quantitative estimate of drug-likeness (QED) is 0.848. The van der Waals surface area contributed by atoms with Crippen LogP contribution in [0.25, 0.3) is 0 Å². The Balaban J connectivity index is 3.59. The number of pyridine rings is 1. The molecule has 0 aliphatic carbocycles. The van der Waals surface area contributed by atoms with Crippen molar-refractivity contribution >= 4 is 19.7 Å². The molecule has 1 aromatic rings. The van der Waals surface area contributed by atoms with E-state index in [1.165, 1.54) is 0 Å². The lowest BCUT2D eigenvalue weighted by Crippen LogP contribution is -2.21. The van der Waals surface area contributed by atoms with Gasteiger partial charge in [-0.3, -0.25) is 4.79 Å². The van der Waals surface area contributed by atoms with E-state index in [4.69, 9.17) is 10.7 Å². The van der Waals surface area contributed by atoms with Gasteiger partial charge in [0.05, 0.1) is 7.11 Å². The molecule has 0 saturated heterocycles. The number of hydrogen-bond acceptors (Lipinski definition) is 5. The molecule has 0 saturated carbocycles. The van der Waals surface area contributed by atoms with Gasteiger partial charge < -0.3 is 14.5 Å². The molecule has 1 heterocycles. The molecular formula is C7H5ClF3NO5S. The average Bonchev–Trinajstić information content (AvgIpc) is 2.16. The summed E-state index contributed by atoms with van der Waals surface area (Å²) in [6, 6.07) is 0. The first-order chi connectivity index (χ1) is 8.06. The minimum Gasteiger partial charge on any atom is -0.490 e. The molecule has 1 N–H and O–H groups in total. The third kappa shape index (κ3) is 3.29. The standard InChI is InChI=1S/C7H5ClF3NO5S/c1-16-4-5(18(8,14)15)3(2-12-6(4)13)17-7(9,10)11/h2H,1H3,(H,12,13). The van der Waals surface area contributed by atoms with Crippen molar-refractivity contribution in [2.24, 2.45) is 0 Å². The lowest BCUT2D eigenvalue weighted by atomic mass is 10.4. The molecule has 1 aromatic heterocycles. The van der Waals surface area contributed by atoms with Crippen molar-refractivity contribution < 1.29 is 31.1 Å². The van der Waals surface area contributed by atoms with Gasteiger partial charge in [0.2, 0.25) is 5.75 Å². The molecule has 0 spiro atoms. The van der Waals surface area contributed by atoms with Crippen LogP contribution in [-0.2, 0) is 9.05 Å². The number of hydrogen-bond donors (Lipinski definition) is 1. The Morgan fingerprint density at radius 1 is 1.39 bits per heavy atom. The maximum atomic E-state index is 12.1. The van der Waals surface area contributed by atoms with Crippen LogP contribution in [-0.4, -0.2) is 26.9 Å². The Bertz CT molecular complexity index is 608. The van der Waals surface area contributed by atoms with Crippen molar-refractivity contribution in [3.05, 3.63) is 16.6 Å². The second-order valence-electron chi connectivity index (χ2n) is 2.83. The number of aromatic amines is 1. The molecule has 1 rings (SSSR count). The summed E-state index contributed by atoms with van der Waals surface area (Å²) >= 11 is 0. The third-order valence-corrected chi connectivity index (χ3v) is 2.98. The Morgan fingerprint density at radius 3 is 2.33 bits per heavy atom. The molecule has 0 aliphatic rings. The summed E-state index contributed by atoms with van der Waals surface area (Å²) in [7, 11) is 1.17. The van der Waals surface area contributed by atoms with Crippen LogP contribution in [0, 0.1) is 0 Å². The predicted octanol–water partition coefficient (Wildman–Crippen LogP) is 1.21. The molecule has 11 heteroatoms. The van der Waals surface area contributed by atoms with Crippen molar-refractivity contribution in [2.75, 3.05) is 7.11 Å². The number of halogens is 4. The molecule has 0 unspecified atom stereocenters. The summed E-state index contributed by atoms with van der Waals surface area (Å²) in [5.74, 6) is -2.08. The number of H-pyrrole nitrogens is 1. The number of nitrogens with one attached hydrogen (secondary N) is 1. The maximum absolute atomic E-state index is 12.1. The van der Waals surface area contributed by atoms with E-state index in [1.54, 1.807) is 0 Å². The highest BCUT2D eigenvalue weighted by Gasteiger charge is 2.36. The lowest BCUT2D eigenvalue weighted by Gasteiger charge is -2.13. The first-order valence-electron chi connectivity index (χ1n) is 4.06. The summed E-state index contributed by atoms with van der Waals surface area (Å²) in [6.07, 6.45) is -4.73. The largest absolute Gasteiger partial charge is 0.573 e. The van der Waals surface area contributed by atoms with Gasteiger partial charge in [-0.15, -0.1) is 13.2 Å². The Hall–Kier alpha value is -1.42. The van der Waals surface area contributed by atoms with Crippen molar-refractivity contribution in [2.45, 2.75) is 11.3 Å². The second-order valence-corrected chi connectivity index (χ2v) is 5.33. The van der Waals surface area contributed by atoms with Crippen LogP contribution in [0.15, 0.2) is 15.9 Å². The zero-order valence-corrected chi connectivity index (χ0v) is 10.1. The third-order valence-electron chi connectivity index (χ3n) is 1.64. The van der Waals surface area contributed by atoms with Gasteiger partial charge in [-0.05, 0) is 0 Å². The van der Waals surface area contributed by atoms with Crippen LogP contribution in [0.5, 0.6) is 11.5 Å². The van der Waals surface area contributed by atoms with Crippen molar-refractivity contribution in [1.29, 1.82) is 0 Å². The maximum Gasteiger partial charge on any atom is 0.573 e. The predicted molar refractivity (Wildman–Crippen MR) is 53.3 cm³/mol. The van der Waals surface area contributed by atoms with Crippen molar-refractivity contribution in [1.82, 2.24) is 4.98 Å². The van der Waals surface area contributed by atoms with Gasteiger partial charge in [0.1, 0.15) is 0 Å². The zero-order valence-electron chi connectivity index (χ0n) is 8.54. The Kier molecular flexibility index (Phi) is 3.81. The van der Waals surface area contributed by atoms with E-state index in [9.17, 15) is 26.4 Å². The molecule has 0 aliphatic heterocycles. The van der Waals surface area contributed by atoms with E-state index in [-0.39, 0.29) is 0 Å². The lowest BCUT2D eigenvalue weighted by molar-refractivity contribution is -0.275. The molecule has 18 heavy (non-hydrogen) atoms. The topological polar surface area (TPSA) is 85.5 Å². The van der Waals surface area contributed by atoms with Crippen LogP contribution in [0.2, 0.25) is 0 Å². The van der Waals surface area contributed by atoms with E-state index in [1.807, 2.05) is 4.98 Å². The van der Waals surface area contributed by atoms with Gasteiger partial charge in [-0.1, -0.05) is 0 Å². The zero-order chi connectivity index (χ0) is 14.1. The normalized spacial score (nSPS) is 12.3. The van der Waals surface area contributed by atoms with Crippen LogP contribution in [0.1, 0.15) is 0 Å². The minimum absolute atomic E-state index is 0.424. The fourth-order valence-electron chi connectivity index (χ4n) is 1.09. The molecule has 102 valence electrons. The Morgan fingerprint density at radius 2 is 1.94 bits per heavy atom. The number of methoxy groups -OCH3 is 1. The number of aromatic nitrogens is 1. The Labute approximate surface area is 103 Å². The van der Waals surface area contributed by atoms with E-state index in [0.717, 1.165) is 7.11 Å². The van der Waals surface area contributed by atoms with Gasteiger partial charge in [0.15, 0.2) is 10.6 Å². The van der Waals surface area contributed by atoms with E-state index in [2.05, 4.69) is 9.47 Å². The highest BCUT2D eigenvalue weighted by Crippen LogP contribution is 2.35. The highest BCUT2D eigenvalue weighted by molar-refractivity contribution is 8.13. The molecule has 0 amide bonds. The fourth-order valence-corrected chi connectivity index (χ4v) is 2.27. The summed E-state index contributed by atoms with van der Waals surface area (Å²) < 4.78 is 66.3. The van der Waals surface area contributed by atoms with Gasteiger partial charge in [0, 0.05) is 16.9 Å². The molecular weight excluding hydrogens is 303 g/mol. The highest BCUT2D eigenvalue weighted by atomic mass is 35.7. The van der Waals surface area contributed by atoms with E-state index in [0.29, 0.717) is 6.20 Å². The minimum atomic E-state index is -5.15. The number of rotatable bonds is 3. The summed E-state index contributed by atoms with van der Waals surface area (Å²) in [5.41, 5.74) is -1.06. The molecule has 6 nitrogen and oxygen atoms in total. The van der Waals surface area contributed by atoms with E-state index < -0.39 is 37.4 Å². The van der Waals surface area contributed by atoms with Gasteiger partial charge in [-0.2, -0.15) is 0 Å². The summed E-state index contributed by atoms with van der Waals surface area (Å²) in [4.78, 5) is 11.8. The number of alkyl halides is 3. The van der Waals surface area contributed by atoms with Crippen molar-refractivity contribution in [3.63, 3.8) is 0 Å². The average molecular weight is 308 g/mol. The van der Waals surface area contributed by atoms with Gasteiger partial charge >= 0.3 is 6.36 Å². The second kappa shape index (κ2) is 4.69. The summed E-state index contributed by atoms with van der Waals surface area (Å²) in [6.45, 7) is 0. The smallest absolute Gasteiger partial charge is 0.490 e. The molecule has 0 fully saturated rings. The summed E-state index contributed by atoms with van der Waals surface area (Å²) in [5, 5.41) is 0. The van der Waals surface area contributed by atoms with Gasteiger partial charge in [0.25, 0.3) is 14.6 Å². The van der Waals surface area contributed by atoms with Crippen molar-refractivity contribution in [3.8, 4) is 11.5 Å². The monoisotopic (exact) mass is 307 g/mol. The first kappa shape index (κ1) is 14.6. The number of ether oxygens (including phenoxy) is 2. The first-order valence-corrected chi connectivity index (χ1v) is 6.37. The molecule has 0 bridgehead atoms. The SMILES string of the molecule is COc1c(S(=O)(=O)Cl)c(OC(F)(F)F)c[nH]c1=O. The van der Waals surface area contributed by atoms with Crippen LogP contribution in [0.4, 0.5) is 13.2 Å². The van der Waals surface area contributed by atoms with Gasteiger partial charge in [-0.25, -0.2) is 8.42 Å². The van der Waals surface area contributed by atoms with E-state index >= 15 is 0 Å².